The van der Waals surface area contributed by atoms with Crippen LogP contribution in [0.4, 0.5) is 5.69 Å². The van der Waals surface area contributed by atoms with Crippen molar-refractivity contribution in [3.8, 4) is 0 Å². The Balaban J connectivity index is 1.94. The molecule has 2 N–H and O–H groups in total. The Morgan fingerprint density at radius 1 is 1.10 bits per heavy atom. The molecule has 0 atom stereocenters. The van der Waals surface area contributed by atoms with E-state index in [9.17, 15) is 4.79 Å². The minimum Gasteiger partial charge on any atom is -0.398 e. The number of nitrogen functional groups attached to an aromatic ring is 1. The van der Waals surface area contributed by atoms with Crippen molar-refractivity contribution < 1.29 is 4.79 Å². The van der Waals surface area contributed by atoms with Crippen molar-refractivity contribution in [1.29, 1.82) is 0 Å². The number of hydrogen-bond acceptors (Lipinski definition) is 3. The number of hydrogen-bond donors (Lipinski definition) is 1. The number of carbonyl (C=O) groups excluding carboxylic acids is 1. The zero-order chi connectivity index (χ0) is 15.1. The van der Waals surface area contributed by atoms with Gasteiger partial charge in [0.25, 0.3) is 0 Å². The highest BCUT2D eigenvalue weighted by atomic mass is 32.2. The maximum absolute atomic E-state index is 12.3. The summed E-state index contributed by atoms with van der Waals surface area (Å²) >= 11 is 1.56. The van der Waals surface area contributed by atoms with E-state index in [1.165, 1.54) is 0 Å². The first-order valence-corrected chi connectivity index (χ1v) is 7.98. The number of carbonyl (C=O) groups is 1. The molecule has 0 aliphatic heterocycles. The standard InChI is InChI=1S/C17H20N2OS/c1-2-19(12-14-8-6-7-11-16(14)18)17(20)13-21-15-9-4-3-5-10-15/h3-11H,2,12-13,18H2,1H3. The van der Waals surface area contributed by atoms with Gasteiger partial charge in [0.15, 0.2) is 0 Å². The van der Waals surface area contributed by atoms with Gasteiger partial charge in [-0.1, -0.05) is 36.4 Å². The number of thioether (sulfide) groups is 1. The third kappa shape index (κ3) is 4.53. The molecule has 2 rings (SSSR count). The van der Waals surface area contributed by atoms with Crippen LogP contribution in [0.25, 0.3) is 0 Å². The highest BCUT2D eigenvalue weighted by Crippen LogP contribution is 2.19. The lowest BCUT2D eigenvalue weighted by atomic mass is 10.1. The third-order valence-corrected chi connectivity index (χ3v) is 4.25. The molecule has 0 spiro atoms. The summed E-state index contributed by atoms with van der Waals surface area (Å²) in [5.74, 6) is 0.583. The lowest BCUT2D eigenvalue weighted by molar-refractivity contribution is -0.128. The molecule has 2 aromatic carbocycles. The summed E-state index contributed by atoms with van der Waals surface area (Å²) < 4.78 is 0. The summed E-state index contributed by atoms with van der Waals surface area (Å²) in [5, 5.41) is 0. The number of benzene rings is 2. The highest BCUT2D eigenvalue weighted by molar-refractivity contribution is 8.00. The van der Waals surface area contributed by atoms with E-state index in [4.69, 9.17) is 5.73 Å². The summed E-state index contributed by atoms with van der Waals surface area (Å²) in [4.78, 5) is 15.3. The second kappa shape index (κ2) is 7.74. The lowest BCUT2D eigenvalue weighted by Gasteiger charge is -2.21. The van der Waals surface area contributed by atoms with Crippen molar-refractivity contribution in [2.75, 3.05) is 18.0 Å². The van der Waals surface area contributed by atoms with Gasteiger partial charge in [0.05, 0.1) is 5.75 Å². The molecular formula is C17H20N2OS. The van der Waals surface area contributed by atoms with E-state index in [1.54, 1.807) is 11.8 Å². The van der Waals surface area contributed by atoms with Crippen LogP contribution in [0, 0.1) is 0 Å². The van der Waals surface area contributed by atoms with E-state index in [-0.39, 0.29) is 5.91 Å². The fourth-order valence-corrected chi connectivity index (χ4v) is 2.84. The molecule has 0 radical (unpaired) electrons. The topological polar surface area (TPSA) is 46.3 Å². The van der Waals surface area contributed by atoms with Gasteiger partial charge in [-0.2, -0.15) is 0 Å². The smallest absolute Gasteiger partial charge is 0.233 e. The van der Waals surface area contributed by atoms with Crippen LogP contribution in [0.1, 0.15) is 12.5 Å². The third-order valence-electron chi connectivity index (χ3n) is 3.26. The maximum Gasteiger partial charge on any atom is 0.233 e. The number of anilines is 1. The highest BCUT2D eigenvalue weighted by Gasteiger charge is 2.13. The summed E-state index contributed by atoms with van der Waals surface area (Å²) in [6.45, 7) is 3.24. The number of rotatable bonds is 6. The molecule has 0 bridgehead atoms. The summed E-state index contributed by atoms with van der Waals surface area (Å²) in [5.41, 5.74) is 7.68. The normalized spacial score (nSPS) is 10.3. The molecule has 3 nitrogen and oxygen atoms in total. The van der Waals surface area contributed by atoms with Gasteiger partial charge in [-0.3, -0.25) is 4.79 Å². The molecular weight excluding hydrogens is 280 g/mol. The summed E-state index contributed by atoms with van der Waals surface area (Å²) in [7, 11) is 0. The minimum absolute atomic E-state index is 0.134. The van der Waals surface area contributed by atoms with Gasteiger partial charge in [-0.15, -0.1) is 11.8 Å². The van der Waals surface area contributed by atoms with Crippen molar-refractivity contribution in [2.45, 2.75) is 18.4 Å². The largest absolute Gasteiger partial charge is 0.398 e. The average molecular weight is 300 g/mol. The van der Waals surface area contributed by atoms with Gasteiger partial charge in [0.1, 0.15) is 0 Å². The van der Waals surface area contributed by atoms with Gasteiger partial charge in [-0.25, -0.2) is 0 Å². The van der Waals surface area contributed by atoms with Crippen LogP contribution in [-0.4, -0.2) is 23.1 Å². The first-order chi connectivity index (χ1) is 10.2. The maximum atomic E-state index is 12.3. The van der Waals surface area contributed by atoms with Crippen LogP contribution < -0.4 is 5.73 Å². The molecule has 2 aromatic rings. The minimum atomic E-state index is 0.134. The van der Waals surface area contributed by atoms with Crippen LogP contribution in [0.2, 0.25) is 0 Å². The van der Waals surface area contributed by atoms with Gasteiger partial charge in [0, 0.05) is 23.7 Å². The van der Waals surface area contributed by atoms with E-state index >= 15 is 0 Å². The molecule has 21 heavy (non-hydrogen) atoms. The molecule has 0 aliphatic rings. The molecule has 0 fully saturated rings. The molecule has 0 saturated carbocycles. The average Bonchev–Trinajstić information content (AvgIpc) is 2.53. The zero-order valence-corrected chi connectivity index (χ0v) is 13.0. The molecule has 0 heterocycles. The fraction of sp³-hybridized carbons (Fsp3) is 0.235. The summed E-state index contributed by atoms with van der Waals surface area (Å²) in [6.07, 6.45) is 0. The van der Waals surface area contributed by atoms with E-state index < -0.39 is 0 Å². The molecule has 0 aliphatic carbocycles. The molecule has 0 aromatic heterocycles. The number of para-hydroxylation sites is 1. The molecule has 1 amide bonds. The van der Waals surface area contributed by atoms with Crippen molar-refractivity contribution in [3.63, 3.8) is 0 Å². The van der Waals surface area contributed by atoms with Crippen LogP contribution in [0.15, 0.2) is 59.5 Å². The van der Waals surface area contributed by atoms with E-state index in [0.717, 1.165) is 16.1 Å². The first-order valence-electron chi connectivity index (χ1n) is 6.99. The SMILES string of the molecule is CCN(Cc1ccccc1N)C(=O)CSc1ccccc1. The van der Waals surface area contributed by atoms with E-state index in [2.05, 4.69) is 0 Å². The van der Waals surface area contributed by atoms with E-state index in [1.807, 2.05) is 66.4 Å². The van der Waals surface area contributed by atoms with Crippen LogP contribution in [0.3, 0.4) is 0 Å². The van der Waals surface area contributed by atoms with Gasteiger partial charge >= 0.3 is 0 Å². The zero-order valence-electron chi connectivity index (χ0n) is 12.2. The van der Waals surface area contributed by atoms with E-state index in [0.29, 0.717) is 18.8 Å². The Kier molecular flexibility index (Phi) is 5.69. The second-order valence-corrected chi connectivity index (χ2v) is 5.76. The van der Waals surface area contributed by atoms with Gasteiger partial charge in [-0.05, 0) is 30.7 Å². The molecule has 110 valence electrons. The number of nitrogens with zero attached hydrogens (tertiary/aromatic N) is 1. The Hall–Kier alpha value is -1.94. The number of amides is 1. The molecule has 4 heteroatoms. The number of nitrogens with two attached hydrogens (primary N) is 1. The summed E-state index contributed by atoms with van der Waals surface area (Å²) in [6, 6.07) is 17.7. The van der Waals surface area contributed by atoms with Crippen molar-refractivity contribution in [3.05, 3.63) is 60.2 Å². The lowest BCUT2D eigenvalue weighted by Crippen LogP contribution is -2.32. The van der Waals surface area contributed by atoms with Crippen molar-refractivity contribution in [1.82, 2.24) is 4.90 Å². The Morgan fingerprint density at radius 2 is 1.76 bits per heavy atom. The first kappa shape index (κ1) is 15.4. The predicted octanol–water partition coefficient (Wildman–Crippen LogP) is 3.41. The van der Waals surface area contributed by atoms with Gasteiger partial charge in [0.2, 0.25) is 5.91 Å². The fourth-order valence-electron chi connectivity index (χ4n) is 2.01. The van der Waals surface area contributed by atoms with Crippen molar-refractivity contribution >= 4 is 23.4 Å². The Morgan fingerprint density at radius 3 is 2.43 bits per heavy atom. The van der Waals surface area contributed by atoms with Crippen LogP contribution in [-0.2, 0) is 11.3 Å². The van der Waals surface area contributed by atoms with Crippen LogP contribution in [0.5, 0.6) is 0 Å². The molecule has 0 unspecified atom stereocenters. The van der Waals surface area contributed by atoms with Crippen LogP contribution >= 0.6 is 11.8 Å². The predicted molar refractivity (Wildman–Crippen MR) is 89.1 cm³/mol. The Labute approximate surface area is 130 Å². The quantitative estimate of drug-likeness (QED) is 0.657. The van der Waals surface area contributed by atoms with Crippen molar-refractivity contribution in [2.24, 2.45) is 0 Å². The Bertz CT molecular complexity index is 586. The second-order valence-electron chi connectivity index (χ2n) is 4.71. The monoisotopic (exact) mass is 300 g/mol. The van der Waals surface area contributed by atoms with Gasteiger partial charge < -0.3 is 10.6 Å². The molecule has 0 saturated heterocycles.